The number of nitrogens with zero attached hydrogens (tertiary/aromatic N) is 1. The molecule has 2 rings (SSSR count). The Kier molecular flexibility index (Phi) is 4.21. The quantitative estimate of drug-likeness (QED) is 0.855. The van der Waals surface area contributed by atoms with Crippen LogP contribution in [0.4, 0.5) is 13.2 Å². The monoisotopic (exact) mass is 272 g/mol. The van der Waals surface area contributed by atoms with Gasteiger partial charge in [-0.3, -0.25) is 0 Å². The molecule has 1 saturated heterocycles. The summed E-state index contributed by atoms with van der Waals surface area (Å²) >= 11 is 0. The minimum atomic E-state index is -4.29. The lowest BCUT2D eigenvalue weighted by Crippen LogP contribution is -2.33. The normalized spacial score (nSPS) is 20.7. The molecule has 0 saturated carbocycles. The van der Waals surface area contributed by atoms with E-state index in [0.717, 1.165) is 36.9 Å². The average molecular weight is 272 g/mol. The number of carbonyl (C=O) groups is 1. The van der Waals surface area contributed by atoms with E-state index in [-0.39, 0.29) is 6.04 Å². The fourth-order valence-corrected chi connectivity index (χ4v) is 2.16. The number of alkyl halides is 3. The molecule has 1 heterocycles. The van der Waals surface area contributed by atoms with E-state index in [4.69, 9.17) is 0 Å². The van der Waals surface area contributed by atoms with E-state index < -0.39 is 11.7 Å². The molecule has 3 nitrogen and oxygen atoms in total. The highest BCUT2D eigenvalue weighted by atomic mass is 19.4. The second kappa shape index (κ2) is 5.71. The van der Waals surface area contributed by atoms with Crippen LogP contribution >= 0.6 is 0 Å². The molecule has 19 heavy (non-hydrogen) atoms. The predicted molar refractivity (Wildman–Crippen MR) is 64.2 cm³/mol. The smallest absolute Gasteiger partial charge is 0.303 e. The summed E-state index contributed by atoms with van der Waals surface area (Å²) in [7, 11) is 0. The van der Waals surface area contributed by atoms with E-state index in [1.807, 2.05) is 5.01 Å². The number of hydrogen-bond acceptors (Lipinski definition) is 3. The highest BCUT2D eigenvalue weighted by molar-refractivity contribution is 5.49. The maximum atomic E-state index is 12.4. The molecule has 1 atom stereocenters. The molecule has 0 spiro atoms. The van der Waals surface area contributed by atoms with Gasteiger partial charge in [-0.2, -0.15) is 13.2 Å². The van der Waals surface area contributed by atoms with Crippen molar-refractivity contribution >= 4 is 6.29 Å². The van der Waals surface area contributed by atoms with E-state index in [2.05, 4.69) is 5.43 Å². The molecule has 0 bridgehead atoms. The molecule has 1 aromatic rings. The van der Waals surface area contributed by atoms with Crippen molar-refractivity contribution in [2.24, 2.45) is 0 Å². The average Bonchev–Trinajstić information content (AvgIpc) is 2.84. The molecule has 1 aliphatic heterocycles. The number of aldehydes is 1. The van der Waals surface area contributed by atoms with Crippen molar-refractivity contribution in [1.82, 2.24) is 10.4 Å². The highest BCUT2D eigenvalue weighted by Gasteiger charge is 2.30. The van der Waals surface area contributed by atoms with Gasteiger partial charge in [0.05, 0.1) is 5.56 Å². The van der Waals surface area contributed by atoms with Gasteiger partial charge in [0.15, 0.2) is 0 Å². The number of halogens is 3. The number of hydrogen-bond donors (Lipinski definition) is 1. The zero-order valence-electron chi connectivity index (χ0n) is 10.3. The maximum absolute atomic E-state index is 12.4. The summed E-state index contributed by atoms with van der Waals surface area (Å²) < 4.78 is 37.3. The van der Waals surface area contributed by atoms with Gasteiger partial charge >= 0.3 is 6.18 Å². The maximum Gasteiger partial charge on any atom is 0.416 e. The summed E-state index contributed by atoms with van der Waals surface area (Å²) in [5.74, 6) is 0. The lowest BCUT2D eigenvalue weighted by atomic mass is 10.0. The SMILES string of the molecule is O=CCCN1CCC(c2ccc(C(F)(F)F)cc2)N1. The molecule has 1 fully saturated rings. The fourth-order valence-electron chi connectivity index (χ4n) is 2.16. The first-order valence-corrected chi connectivity index (χ1v) is 6.12. The number of hydrazine groups is 1. The predicted octanol–water partition coefficient (Wildman–Crippen LogP) is 2.55. The number of rotatable bonds is 4. The van der Waals surface area contributed by atoms with Gasteiger partial charge in [-0.25, -0.2) is 10.4 Å². The van der Waals surface area contributed by atoms with Gasteiger partial charge in [0, 0.05) is 25.6 Å². The van der Waals surface area contributed by atoms with E-state index in [1.165, 1.54) is 12.1 Å². The Morgan fingerprint density at radius 1 is 1.32 bits per heavy atom. The first-order valence-electron chi connectivity index (χ1n) is 6.12. The van der Waals surface area contributed by atoms with Crippen LogP contribution in [0.3, 0.4) is 0 Å². The molecule has 0 amide bonds. The molecule has 6 heteroatoms. The van der Waals surface area contributed by atoms with Gasteiger partial charge in [-0.05, 0) is 24.1 Å². The summed E-state index contributed by atoms with van der Waals surface area (Å²) in [6.07, 6.45) is -2.16. The Hall–Kier alpha value is -1.40. The van der Waals surface area contributed by atoms with Crippen LogP contribution in [-0.4, -0.2) is 24.4 Å². The molecular weight excluding hydrogens is 257 g/mol. The van der Waals surface area contributed by atoms with Gasteiger partial charge in [0.25, 0.3) is 0 Å². The Morgan fingerprint density at radius 2 is 2.00 bits per heavy atom. The van der Waals surface area contributed by atoms with Crippen LogP contribution in [0.25, 0.3) is 0 Å². The van der Waals surface area contributed by atoms with Gasteiger partial charge in [0.1, 0.15) is 6.29 Å². The fraction of sp³-hybridized carbons (Fsp3) is 0.462. The molecule has 1 N–H and O–H groups in total. The summed E-state index contributed by atoms with van der Waals surface area (Å²) in [5, 5.41) is 1.93. The van der Waals surface area contributed by atoms with E-state index in [0.29, 0.717) is 13.0 Å². The molecule has 104 valence electrons. The van der Waals surface area contributed by atoms with Gasteiger partial charge in [-0.1, -0.05) is 12.1 Å². The second-order valence-electron chi connectivity index (χ2n) is 4.53. The van der Waals surface area contributed by atoms with Crippen molar-refractivity contribution in [3.63, 3.8) is 0 Å². The van der Waals surface area contributed by atoms with E-state index >= 15 is 0 Å². The summed E-state index contributed by atoms with van der Waals surface area (Å²) in [6.45, 7) is 1.42. The van der Waals surface area contributed by atoms with Crippen LogP contribution in [-0.2, 0) is 11.0 Å². The topological polar surface area (TPSA) is 32.3 Å². The molecule has 0 aliphatic carbocycles. The minimum absolute atomic E-state index is 0.0222. The van der Waals surface area contributed by atoms with Crippen molar-refractivity contribution in [2.75, 3.05) is 13.1 Å². The second-order valence-corrected chi connectivity index (χ2v) is 4.53. The molecule has 1 aliphatic rings. The largest absolute Gasteiger partial charge is 0.416 e. The first-order chi connectivity index (χ1) is 9.00. The first kappa shape index (κ1) is 14.0. The third kappa shape index (κ3) is 3.54. The van der Waals surface area contributed by atoms with Gasteiger partial charge < -0.3 is 4.79 Å². The van der Waals surface area contributed by atoms with Crippen molar-refractivity contribution < 1.29 is 18.0 Å². The third-order valence-corrected chi connectivity index (χ3v) is 3.18. The number of nitrogens with one attached hydrogen (secondary N) is 1. The lowest BCUT2D eigenvalue weighted by molar-refractivity contribution is -0.137. The van der Waals surface area contributed by atoms with Crippen molar-refractivity contribution in [3.05, 3.63) is 35.4 Å². The Bertz CT molecular complexity index is 431. The Labute approximate surface area is 109 Å². The van der Waals surface area contributed by atoms with Crippen LogP contribution in [0.15, 0.2) is 24.3 Å². The molecular formula is C13H15F3N2O. The third-order valence-electron chi connectivity index (χ3n) is 3.18. The van der Waals surface area contributed by atoms with Gasteiger partial charge in [-0.15, -0.1) is 0 Å². The van der Waals surface area contributed by atoms with Crippen molar-refractivity contribution in [2.45, 2.75) is 25.1 Å². The summed E-state index contributed by atoms with van der Waals surface area (Å²) in [6, 6.07) is 5.23. The standard InChI is InChI=1S/C13H15F3N2O/c14-13(15,16)11-4-2-10(3-5-11)12-6-8-18(17-12)7-1-9-19/h2-5,9,12,17H,1,6-8H2. The Balaban J connectivity index is 1.98. The van der Waals surface area contributed by atoms with Crippen LogP contribution in [0.1, 0.15) is 30.0 Å². The number of benzene rings is 1. The zero-order chi connectivity index (χ0) is 13.9. The Morgan fingerprint density at radius 3 is 2.58 bits per heavy atom. The van der Waals surface area contributed by atoms with Crippen LogP contribution in [0.2, 0.25) is 0 Å². The minimum Gasteiger partial charge on any atom is -0.303 e. The molecule has 1 aromatic carbocycles. The van der Waals surface area contributed by atoms with Crippen molar-refractivity contribution in [3.8, 4) is 0 Å². The van der Waals surface area contributed by atoms with Crippen LogP contribution in [0.5, 0.6) is 0 Å². The van der Waals surface area contributed by atoms with Crippen molar-refractivity contribution in [1.29, 1.82) is 0 Å². The lowest BCUT2D eigenvalue weighted by Gasteiger charge is -2.17. The molecule has 0 radical (unpaired) electrons. The molecule has 1 unspecified atom stereocenters. The van der Waals surface area contributed by atoms with Gasteiger partial charge in [0.2, 0.25) is 0 Å². The van der Waals surface area contributed by atoms with Crippen LogP contribution in [0, 0.1) is 0 Å². The zero-order valence-corrected chi connectivity index (χ0v) is 10.3. The molecule has 0 aromatic heterocycles. The summed E-state index contributed by atoms with van der Waals surface area (Å²) in [4.78, 5) is 10.3. The highest BCUT2D eigenvalue weighted by Crippen LogP contribution is 2.31. The number of carbonyl (C=O) groups excluding carboxylic acids is 1. The van der Waals surface area contributed by atoms with Crippen LogP contribution < -0.4 is 5.43 Å². The summed E-state index contributed by atoms with van der Waals surface area (Å²) in [5.41, 5.74) is 3.40. The van der Waals surface area contributed by atoms with E-state index in [1.54, 1.807) is 0 Å². The van der Waals surface area contributed by atoms with E-state index in [9.17, 15) is 18.0 Å².